The molecule has 0 aliphatic rings. The second-order valence-electron chi connectivity index (χ2n) is 7.89. The molecule has 34 heavy (non-hydrogen) atoms. The quantitative estimate of drug-likeness (QED) is 0.169. The lowest BCUT2D eigenvalue weighted by Crippen LogP contribution is -2.20. The van der Waals surface area contributed by atoms with Gasteiger partial charge in [0.15, 0.2) is 11.0 Å². The van der Waals surface area contributed by atoms with Crippen LogP contribution in [-0.2, 0) is 4.79 Å². The van der Waals surface area contributed by atoms with E-state index in [0.29, 0.717) is 16.9 Å². The topological polar surface area (TPSA) is 72.2 Å². The van der Waals surface area contributed by atoms with Gasteiger partial charge in [-0.25, -0.2) is 5.43 Å². The number of nitrogens with one attached hydrogen (secondary N) is 1. The molecule has 0 fully saturated rings. The van der Waals surface area contributed by atoms with Gasteiger partial charge in [-0.2, -0.15) is 5.10 Å². The summed E-state index contributed by atoms with van der Waals surface area (Å²) < 4.78 is 2.95. The molecule has 0 spiro atoms. The lowest BCUT2D eigenvalue weighted by Gasteiger charge is -2.10. The molecule has 0 saturated heterocycles. The van der Waals surface area contributed by atoms with Crippen LogP contribution in [-0.4, -0.2) is 32.6 Å². The number of rotatable bonds is 8. The first-order chi connectivity index (χ1) is 16.5. The summed E-state index contributed by atoms with van der Waals surface area (Å²) in [6.07, 6.45) is 1.64. The van der Waals surface area contributed by atoms with E-state index < -0.39 is 0 Å². The third-order valence-corrected chi connectivity index (χ3v) is 6.55. The zero-order valence-corrected chi connectivity index (χ0v) is 21.3. The molecule has 6 nitrogen and oxygen atoms in total. The highest BCUT2D eigenvalue weighted by Crippen LogP contribution is 2.28. The molecule has 0 aliphatic carbocycles. The zero-order chi connectivity index (χ0) is 23.9. The van der Waals surface area contributed by atoms with Gasteiger partial charge in [-0.05, 0) is 41.3 Å². The number of hydrogen-bond acceptors (Lipinski definition) is 5. The average Bonchev–Trinajstić information content (AvgIpc) is 3.28. The molecule has 1 aromatic heterocycles. The second kappa shape index (κ2) is 11.3. The standard InChI is InChI=1S/C26H24BrN5OS/c1-18(2)20-10-8-19(9-11-20)16-28-29-24(33)17-34-26-31-30-25(21-12-14-22(27)15-13-21)32(26)23-6-4-3-5-7-23/h3-16,18H,17H2,1-2H3,(H,29,33). The largest absolute Gasteiger partial charge is 0.272 e. The summed E-state index contributed by atoms with van der Waals surface area (Å²) in [6.45, 7) is 4.31. The van der Waals surface area contributed by atoms with Crippen LogP contribution >= 0.6 is 27.7 Å². The number of para-hydroxylation sites is 1. The Morgan fingerprint density at radius 1 is 1.03 bits per heavy atom. The van der Waals surface area contributed by atoms with E-state index in [-0.39, 0.29) is 11.7 Å². The third kappa shape index (κ3) is 6.01. The first kappa shape index (κ1) is 23.9. The average molecular weight is 534 g/mol. The highest BCUT2D eigenvalue weighted by atomic mass is 79.9. The van der Waals surface area contributed by atoms with Crippen molar-refractivity contribution < 1.29 is 4.79 Å². The van der Waals surface area contributed by atoms with Crippen molar-refractivity contribution in [3.63, 3.8) is 0 Å². The van der Waals surface area contributed by atoms with Crippen molar-refractivity contribution in [1.29, 1.82) is 0 Å². The van der Waals surface area contributed by atoms with Gasteiger partial charge in [0, 0.05) is 15.7 Å². The molecule has 0 radical (unpaired) electrons. The normalized spacial score (nSPS) is 11.3. The molecular weight excluding hydrogens is 510 g/mol. The van der Waals surface area contributed by atoms with Crippen molar-refractivity contribution >= 4 is 39.8 Å². The number of thioether (sulfide) groups is 1. The van der Waals surface area contributed by atoms with Gasteiger partial charge in [0.05, 0.1) is 12.0 Å². The van der Waals surface area contributed by atoms with Crippen LogP contribution in [0.5, 0.6) is 0 Å². The minimum Gasteiger partial charge on any atom is -0.272 e. The summed E-state index contributed by atoms with van der Waals surface area (Å²) in [5.41, 5.74) is 6.65. The van der Waals surface area contributed by atoms with Gasteiger partial charge in [0.25, 0.3) is 5.91 Å². The van der Waals surface area contributed by atoms with Crippen LogP contribution in [0, 0.1) is 0 Å². The maximum atomic E-state index is 12.4. The number of hydrogen-bond donors (Lipinski definition) is 1. The highest BCUT2D eigenvalue weighted by Gasteiger charge is 2.17. The van der Waals surface area contributed by atoms with E-state index in [1.54, 1.807) is 6.21 Å². The predicted molar refractivity (Wildman–Crippen MR) is 141 cm³/mol. The Bertz CT molecular complexity index is 1270. The van der Waals surface area contributed by atoms with Gasteiger partial charge in [-0.15, -0.1) is 10.2 Å². The number of amides is 1. The van der Waals surface area contributed by atoms with Crippen LogP contribution in [0.4, 0.5) is 0 Å². The Hall–Kier alpha value is -3.23. The van der Waals surface area contributed by atoms with Crippen LogP contribution in [0.1, 0.15) is 30.9 Å². The zero-order valence-electron chi connectivity index (χ0n) is 18.9. The van der Waals surface area contributed by atoms with Crippen molar-refractivity contribution in [3.8, 4) is 17.1 Å². The fourth-order valence-corrected chi connectivity index (χ4v) is 4.28. The predicted octanol–water partition coefficient (Wildman–Crippen LogP) is 6.06. The summed E-state index contributed by atoms with van der Waals surface area (Å²) in [7, 11) is 0. The third-order valence-electron chi connectivity index (χ3n) is 5.09. The van der Waals surface area contributed by atoms with E-state index in [1.807, 2.05) is 71.3 Å². The van der Waals surface area contributed by atoms with E-state index in [0.717, 1.165) is 21.3 Å². The molecule has 1 heterocycles. The van der Waals surface area contributed by atoms with Crippen molar-refractivity contribution in [2.75, 3.05) is 5.75 Å². The smallest absolute Gasteiger partial charge is 0.250 e. The first-order valence-corrected chi connectivity index (χ1v) is 12.6. The number of nitrogens with zero attached hydrogens (tertiary/aromatic N) is 4. The monoisotopic (exact) mass is 533 g/mol. The van der Waals surface area contributed by atoms with E-state index in [4.69, 9.17) is 0 Å². The van der Waals surface area contributed by atoms with Crippen LogP contribution in [0.15, 0.2) is 93.6 Å². The van der Waals surface area contributed by atoms with Crippen molar-refractivity contribution in [3.05, 3.63) is 94.5 Å². The minimum absolute atomic E-state index is 0.162. The van der Waals surface area contributed by atoms with Crippen LogP contribution < -0.4 is 5.43 Å². The molecule has 0 bridgehead atoms. The molecule has 8 heteroatoms. The van der Waals surface area contributed by atoms with Gasteiger partial charge < -0.3 is 0 Å². The van der Waals surface area contributed by atoms with E-state index in [1.165, 1.54) is 17.3 Å². The molecule has 4 rings (SSSR count). The Kier molecular flexibility index (Phi) is 7.92. The molecule has 1 N–H and O–H groups in total. The number of benzene rings is 3. The number of halogens is 1. The van der Waals surface area contributed by atoms with Gasteiger partial charge in [0.1, 0.15) is 0 Å². The SMILES string of the molecule is CC(C)c1ccc(C=NNC(=O)CSc2nnc(-c3ccc(Br)cc3)n2-c2ccccc2)cc1. The van der Waals surface area contributed by atoms with E-state index >= 15 is 0 Å². The molecular formula is C26H24BrN5OS. The maximum absolute atomic E-state index is 12.4. The molecule has 3 aromatic carbocycles. The Labute approximate surface area is 211 Å². The number of carbonyl (C=O) groups is 1. The Morgan fingerprint density at radius 3 is 2.41 bits per heavy atom. The fourth-order valence-electron chi connectivity index (χ4n) is 3.27. The second-order valence-corrected chi connectivity index (χ2v) is 9.75. The van der Waals surface area contributed by atoms with Crippen LogP contribution in [0.25, 0.3) is 17.1 Å². The minimum atomic E-state index is -0.215. The molecule has 0 aliphatic heterocycles. The van der Waals surface area contributed by atoms with Gasteiger partial charge in [-0.3, -0.25) is 9.36 Å². The number of carbonyl (C=O) groups excluding carboxylic acids is 1. The molecule has 0 atom stereocenters. The summed E-state index contributed by atoms with van der Waals surface area (Å²) in [4.78, 5) is 12.4. The molecule has 0 unspecified atom stereocenters. The molecule has 0 saturated carbocycles. The van der Waals surface area contributed by atoms with Gasteiger partial charge in [-0.1, -0.05) is 96.1 Å². The van der Waals surface area contributed by atoms with Gasteiger partial charge in [0.2, 0.25) is 0 Å². The van der Waals surface area contributed by atoms with E-state index in [2.05, 4.69) is 62.6 Å². The fraction of sp³-hybridized carbons (Fsp3) is 0.154. The first-order valence-electron chi connectivity index (χ1n) is 10.8. The summed E-state index contributed by atoms with van der Waals surface area (Å²) in [5, 5.41) is 13.5. The van der Waals surface area contributed by atoms with Crippen molar-refractivity contribution in [2.24, 2.45) is 5.10 Å². The molecule has 1 amide bonds. The number of hydrazone groups is 1. The lowest BCUT2D eigenvalue weighted by molar-refractivity contribution is -0.118. The van der Waals surface area contributed by atoms with Crippen molar-refractivity contribution in [1.82, 2.24) is 20.2 Å². The Balaban J connectivity index is 1.45. The molecule has 4 aromatic rings. The lowest BCUT2D eigenvalue weighted by atomic mass is 10.0. The van der Waals surface area contributed by atoms with Crippen LogP contribution in [0.2, 0.25) is 0 Å². The Morgan fingerprint density at radius 2 is 1.74 bits per heavy atom. The summed E-state index contributed by atoms with van der Waals surface area (Å²) in [5.74, 6) is 1.14. The van der Waals surface area contributed by atoms with Crippen molar-refractivity contribution in [2.45, 2.75) is 24.9 Å². The van der Waals surface area contributed by atoms with Crippen LogP contribution in [0.3, 0.4) is 0 Å². The van der Waals surface area contributed by atoms with Gasteiger partial charge >= 0.3 is 0 Å². The van der Waals surface area contributed by atoms with E-state index in [9.17, 15) is 4.79 Å². The summed E-state index contributed by atoms with van der Waals surface area (Å²) >= 11 is 4.78. The highest BCUT2D eigenvalue weighted by molar-refractivity contribution is 9.10. The maximum Gasteiger partial charge on any atom is 0.250 e. The number of aromatic nitrogens is 3. The summed E-state index contributed by atoms with van der Waals surface area (Å²) in [6, 6.07) is 25.9. The molecule has 172 valence electrons.